The van der Waals surface area contributed by atoms with Gasteiger partial charge in [0.25, 0.3) is 0 Å². The summed E-state index contributed by atoms with van der Waals surface area (Å²) in [6, 6.07) is 8.06. The Hall–Kier alpha value is -2.04. The number of benzene rings is 1. The molecule has 0 saturated heterocycles. The maximum absolute atomic E-state index is 12.0. The molecule has 0 bridgehead atoms. The van der Waals surface area contributed by atoms with E-state index in [1.165, 1.54) is 11.9 Å². The third-order valence-corrected chi connectivity index (χ3v) is 2.45. The molecule has 104 valence electrons. The Morgan fingerprint density at radius 3 is 2.16 bits per heavy atom. The van der Waals surface area contributed by atoms with Gasteiger partial charge in [-0.1, -0.05) is 30.3 Å². The average molecular weight is 264 g/mol. The van der Waals surface area contributed by atoms with Crippen molar-refractivity contribution in [2.45, 2.75) is 32.4 Å². The first-order valence-electron chi connectivity index (χ1n) is 6.02. The third-order valence-electron chi connectivity index (χ3n) is 2.45. The molecule has 2 amide bonds. The van der Waals surface area contributed by atoms with Crippen LogP contribution in [0.1, 0.15) is 32.4 Å². The fraction of sp³-hybridized carbons (Fsp3) is 0.429. The SMILES string of the molecule is CN(C(=O)OC(C)(C)C)[C@H](C(N)=O)c1ccccc1. The molecule has 1 atom stereocenters. The summed E-state index contributed by atoms with van der Waals surface area (Å²) in [4.78, 5) is 24.8. The van der Waals surface area contributed by atoms with Crippen LogP contribution in [0.3, 0.4) is 0 Å². The summed E-state index contributed by atoms with van der Waals surface area (Å²) >= 11 is 0. The molecule has 0 aliphatic heterocycles. The fourth-order valence-corrected chi connectivity index (χ4v) is 1.65. The van der Waals surface area contributed by atoms with Crippen LogP contribution in [0.4, 0.5) is 4.79 Å². The molecule has 5 heteroatoms. The quantitative estimate of drug-likeness (QED) is 0.908. The Labute approximate surface area is 113 Å². The van der Waals surface area contributed by atoms with Gasteiger partial charge in [0, 0.05) is 7.05 Å². The van der Waals surface area contributed by atoms with Crippen LogP contribution < -0.4 is 5.73 Å². The maximum Gasteiger partial charge on any atom is 0.410 e. The van der Waals surface area contributed by atoms with E-state index in [-0.39, 0.29) is 0 Å². The van der Waals surface area contributed by atoms with E-state index in [2.05, 4.69) is 0 Å². The van der Waals surface area contributed by atoms with Gasteiger partial charge in [-0.2, -0.15) is 0 Å². The van der Waals surface area contributed by atoms with Crippen molar-refractivity contribution in [3.05, 3.63) is 35.9 Å². The minimum absolute atomic E-state index is 0.583. The molecule has 1 aromatic rings. The van der Waals surface area contributed by atoms with Gasteiger partial charge in [-0.15, -0.1) is 0 Å². The molecular weight excluding hydrogens is 244 g/mol. The Morgan fingerprint density at radius 2 is 1.74 bits per heavy atom. The topological polar surface area (TPSA) is 72.6 Å². The highest BCUT2D eigenvalue weighted by atomic mass is 16.6. The van der Waals surface area contributed by atoms with Crippen LogP contribution >= 0.6 is 0 Å². The number of amides is 2. The molecule has 0 unspecified atom stereocenters. The summed E-state index contributed by atoms with van der Waals surface area (Å²) in [7, 11) is 1.50. The molecule has 0 saturated carbocycles. The number of hydrogen-bond acceptors (Lipinski definition) is 3. The van der Waals surface area contributed by atoms with Gasteiger partial charge in [0.15, 0.2) is 0 Å². The molecule has 5 nitrogen and oxygen atoms in total. The molecule has 0 aliphatic carbocycles. The zero-order valence-corrected chi connectivity index (χ0v) is 11.7. The Kier molecular flexibility index (Phi) is 4.53. The van der Waals surface area contributed by atoms with Gasteiger partial charge in [-0.3, -0.25) is 9.69 Å². The lowest BCUT2D eigenvalue weighted by Crippen LogP contribution is -2.41. The fourth-order valence-electron chi connectivity index (χ4n) is 1.65. The van der Waals surface area contributed by atoms with Gasteiger partial charge in [0.1, 0.15) is 11.6 Å². The van der Waals surface area contributed by atoms with Crippen molar-refractivity contribution in [3.63, 3.8) is 0 Å². The zero-order valence-electron chi connectivity index (χ0n) is 11.7. The Balaban J connectivity index is 2.95. The number of likely N-dealkylation sites (N-methyl/N-ethyl adjacent to an activating group) is 1. The first-order chi connectivity index (χ1) is 8.72. The van der Waals surface area contributed by atoms with E-state index in [0.29, 0.717) is 5.56 Å². The van der Waals surface area contributed by atoms with Crippen LogP contribution in [0.25, 0.3) is 0 Å². The van der Waals surface area contributed by atoms with Gasteiger partial charge in [-0.05, 0) is 26.3 Å². The molecule has 0 spiro atoms. The van der Waals surface area contributed by atoms with E-state index in [9.17, 15) is 9.59 Å². The van der Waals surface area contributed by atoms with E-state index in [0.717, 1.165) is 0 Å². The molecule has 0 heterocycles. The number of ether oxygens (including phenoxy) is 1. The van der Waals surface area contributed by atoms with Crippen LogP contribution in [-0.4, -0.2) is 29.5 Å². The van der Waals surface area contributed by atoms with Crippen LogP contribution in [0.5, 0.6) is 0 Å². The molecule has 0 aromatic heterocycles. The molecule has 0 fully saturated rings. The lowest BCUT2D eigenvalue weighted by atomic mass is 10.1. The average Bonchev–Trinajstić information content (AvgIpc) is 2.27. The summed E-state index contributed by atoms with van der Waals surface area (Å²) < 4.78 is 5.23. The van der Waals surface area contributed by atoms with Gasteiger partial charge < -0.3 is 10.5 Å². The highest BCUT2D eigenvalue weighted by Crippen LogP contribution is 2.21. The molecule has 1 rings (SSSR count). The van der Waals surface area contributed by atoms with E-state index in [1.54, 1.807) is 45.0 Å². The van der Waals surface area contributed by atoms with Crippen molar-refractivity contribution in [1.29, 1.82) is 0 Å². The standard InChI is InChI=1S/C14H20N2O3/c1-14(2,3)19-13(18)16(4)11(12(15)17)10-8-6-5-7-9-10/h5-9,11H,1-4H3,(H2,15,17)/t11-/m0/s1. The highest BCUT2D eigenvalue weighted by Gasteiger charge is 2.29. The second-order valence-corrected chi connectivity index (χ2v) is 5.31. The molecule has 2 N–H and O–H groups in total. The van der Waals surface area contributed by atoms with E-state index in [4.69, 9.17) is 10.5 Å². The highest BCUT2D eigenvalue weighted by molar-refractivity contribution is 5.85. The number of nitrogens with two attached hydrogens (primary N) is 1. The summed E-state index contributed by atoms with van der Waals surface area (Å²) in [5, 5.41) is 0. The normalized spacial score (nSPS) is 12.6. The van der Waals surface area contributed by atoms with Crippen molar-refractivity contribution in [2.24, 2.45) is 5.73 Å². The second kappa shape index (κ2) is 5.73. The van der Waals surface area contributed by atoms with Crippen molar-refractivity contribution < 1.29 is 14.3 Å². The minimum Gasteiger partial charge on any atom is -0.444 e. The van der Waals surface area contributed by atoms with Gasteiger partial charge >= 0.3 is 6.09 Å². The number of carbonyl (C=O) groups is 2. The van der Waals surface area contributed by atoms with Gasteiger partial charge in [-0.25, -0.2) is 4.79 Å². The Morgan fingerprint density at radius 1 is 1.21 bits per heavy atom. The summed E-state index contributed by atoms with van der Waals surface area (Å²) in [6.45, 7) is 5.29. The Bertz CT molecular complexity index is 452. The molecule has 0 radical (unpaired) electrons. The predicted molar refractivity (Wildman–Crippen MR) is 72.4 cm³/mol. The molecular formula is C14H20N2O3. The lowest BCUT2D eigenvalue weighted by Gasteiger charge is -2.29. The van der Waals surface area contributed by atoms with Crippen LogP contribution in [0, 0.1) is 0 Å². The number of primary amides is 1. The van der Waals surface area contributed by atoms with Crippen molar-refractivity contribution in [1.82, 2.24) is 4.90 Å². The van der Waals surface area contributed by atoms with Crippen molar-refractivity contribution in [2.75, 3.05) is 7.05 Å². The molecule has 0 aliphatic rings. The van der Waals surface area contributed by atoms with Gasteiger partial charge in [0.05, 0.1) is 0 Å². The maximum atomic E-state index is 12.0. The minimum atomic E-state index is -0.837. The van der Waals surface area contributed by atoms with Crippen LogP contribution in [0.2, 0.25) is 0 Å². The summed E-state index contributed by atoms with van der Waals surface area (Å²) in [5.41, 5.74) is 5.42. The largest absolute Gasteiger partial charge is 0.444 e. The predicted octanol–water partition coefficient (Wildman–Crippen LogP) is 2.08. The first kappa shape index (κ1) is 15.0. The number of hydrogen-bond donors (Lipinski definition) is 1. The number of rotatable bonds is 3. The summed E-state index contributed by atoms with van der Waals surface area (Å²) in [6.07, 6.45) is -0.583. The molecule has 19 heavy (non-hydrogen) atoms. The van der Waals surface area contributed by atoms with Crippen molar-refractivity contribution >= 4 is 12.0 Å². The van der Waals surface area contributed by atoms with E-state index < -0.39 is 23.6 Å². The monoisotopic (exact) mass is 264 g/mol. The van der Waals surface area contributed by atoms with Crippen molar-refractivity contribution in [3.8, 4) is 0 Å². The smallest absolute Gasteiger partial charge is 0.410 e. The number of carbonyl (C=O) groups excluding carboxylic acids is 2. The third kappa shape index (κ3) is 4.28. The first-order valence-corrected chi connectivity index (χ1v) is 6.02. The zero-order chi connectivity index (χ0) is 14.6. The van der Waals surface area contributed by atoms with Crippen LogP contribution in [0.15, 0.2) is 30.3 Å². The van der Waals surface area contributed by atoms with Gasteiger partial charge in [0.2, 0.25) is 5.91 Å². The number of nitrogens with zero attached hydrogens (tertiary/aromatic N) is 1. The summed E-state index contributed by atoms with van der Waals surface area (Å²) in [5.74, 6) is -0.598. The van der Waals surface area contributed by atoms with E-state index in [1.807, 2.05) is 6.07 Å². The lowest BCUT2D eigenvalue weighted by molar-refractivity contribution is -0.123. The second-order valence-electron chi connectivity index (χ2n) is 5.31. The molecule has 1 aromatic carbocycles. The van der Waals surface area contributed by atoms with Crippen LogP contribution in [-0.2, 0) is 9.53 Å². The van der Waals surface area contributed by atoms with E-state index >= 15 is 0 Å².